The minimum absolute atomic E-state index is 0.830. The lowest BCUT2D eigenvalue weighted by Crippen LogP contribution is -2.06. The van der Waals surface area contributed by atoms with E-state index in [0.717, 1.165) is 44.6 Å². The molecule has 0 saturated heterocycles. The molecule has 246 valence electrons. The van der Waals surface area contributed by atoms with E-state index in [1.165, 1.54) is 64.0 Å². The molecule has 0 unspecified atom stereocenters. The van der Waals surface area contributed by atoms with Crippen LogP contribution in [0.15, 0.2) is 170 Å². The van der Waals surface area contributed by atoms with E-state index in [1.54, 1.807) is 0 Å². The molecule has 53 heavy (non-hydrogen) atoms. The Morgan fingerprint density at radius 2 is 1.04 bits per heavy atom. The monoisotopic (exact) mass is 692 g/mol. The lowest BCUT2D eigenvalue weighted by atomic mass is 9.93. The lowest BCUT2D eigenvalue weighted by Gasteiger charge is -2.15. The summed E-state index contributed by atoms with van der Waals surface area (Å²) in [6.07, 6.45) is 0. The highest BCUT2D eigenvalue weighted by Crippen LogP contribution is 2.43. The maximum absolute atomic E-state index is 5.42. The van der Waals surface area contributed by atoms with Crippen molar-refractivity contribution in [1.29, 1.82) is 0 Å². The van der Waals surface area contributed by atoms with E-state index in [4.69, 9.17) is 9.97 Å². The molecule has 4 nitrogen and oxygen atoms in total. The second-order valence-corrected chi connectivity index (χ2v) is 14.8. The summed E-state index contributed by atoms with van der Waals surface area (Å²) in [6.45, 7) is 0. The minimum Gasteiger partial charge on any atom is -0.278 e. The number of hydrogen-bond donors (Lipinski definition) is 0. The van der Waals surface area contributed by atoms with Gasteiger partial charge in [0.15, 0.2) is 0 Å². The van der Waals surface area contributed by atoms with Gasteiger partial charge in [-0.2, -0.15) is 0 Å². The van der Waals surface area contributed by atoms with Crippen molar-refractivity contribution in [2.75, 3.05) is 0 Å². The summed E-state index contributed by atoms with van der Waals surface area (Å²) in [5.74, 6) is 0.830. The Morgan fingerprint density at radius 1 is 0.415 bits per heavy atom. The first-order chi connectivity index (χ1) is 26.3. The quantitative estimate of drug-likeness (QED) is 0.185. The highest BCUT2D eigenvalue weighted by Gasteiger charge is 2.22. The molecule has 0 aliphatic carbocycles. The molecule has 0 spiro atoms. The molecule has 5 heteroatoms. The molecule has 0 saturated carbocycles. The number of aromatic nitrogens is 4. The summed E-state index contributed by atoms with van der Waals surface area (Å²) in [6, 6.07) is 61.2. The number of rotatable bonds is 3. The fourth-order valence-electron chi connectivity index (χ4n) is 8.55. The van der Waals surface area contributed by atoms with E-state index >= 15 is 0 Å². The molecule has 4 aromatic heterocycles. The first-order valence-corrected chi connectivity index (χ1v) is 18.7. The standard InChI is InChI=1S/C48H28N4S/c1-2-15-35-32(12-1)38(30-26-24-29(25-27-30)31-17-11-18-36-34-14-5-10-23-44(34)53-46(31)36)28-39-33-13-4-8-21-42(33)51(45(35)39)48-50-40-19-6-3-16-37(40)47-49-41-20-7-9-22-43(41)52(47)48/h1-28H. The van der Waals surface area contributed by atoms with Gasteiger partial charge in [0.05, 0.1) is 27.6 Å². The Morgan fingerprint density at radius 3 is 1.87 bits per heavy atom. The van der Waals surface area contributed by atoms with Crippen molar-refractivity contribution in [2.24, 2.45) is 0 Å². The van der Waals surface area contributed by atoms with Gasteiger partial charge >= 0.3 is 0 Å². The number of fused-ring (bicyclic) bond motifs is 13. The van der Waals surface area contributed by atoms with Gasteiger partial charge in [-0.25, -0.2) is 9.97 Å². The molecule has 12 rings (SSSR count). The Balaban J connectivity index is 1.12. The van der Waals surface area contributed by atoms with Gasteiger partial charge in [-0.15, -0.1) is 11.3 Å². The highest BCUT2D eigenvalue weighted by molar-refractivity contribution is 7.26. The Bertz CT molecular complexity index is 3460. The van der Waals surface area contributed by atoms with E-state index in [0.29, 0.717) is 0 Å². The first-order valence-electron chi connectivity index (χ1n) is 17.9. The van der Waals surface area contributed by atoms with Crippen molar-refractivity contribution in [3.05, 3.63) is 170 Å². The Hall–Kier alpha value is -6.82. The molecule has 4 heterocycles. The molecule has 0 fully saturated rings. The zero-order chi connectivity index (χ0) is 34.6. The third-order valence-electron chi connectivity index (χ3n) is 10.9. The van der Waals surface area contributed by atoms with Crippen LogP contribution in [0.3, 0.4) is 0 Å². The van der Waals surface area contributed by atoms with Gasteiger partial charge in [-0.05, 0) is 70.1 Å². The summed E-state index contributed by atoms with van der Waals surface area (Å²) in [5, 5.41) is 8.45. The maximum atomic E-state index is 5.42. The van der Waals surface area contributed by atoms with E-state index in [9.17, 15) is 0 Å². The third kappa shape index (κ3) is 4.05. The van der Waals surface area contributed by atoms with E-state index in [-0.39, 0.29) is 0 Å². The van der Waals surface area contributed by atoms with Crippen LogP contribution in [0.1, 0.15) is 0 Å². The SMILES string of the molecule is c1ccc2c(c1)nc(-n1c3ccccc3c3cc(-c4ccc(-c5cccc6c5sc5ccccc56)cc4)c4ccccc4c31)n1c3ccccc3nc21. The van der Waals surface area contributed by atoms with Crippen LogP contribution >= 0.6 is 11.3 Å². The minimum atomic E-state index is 0.830. The number of nitrogens with zero attached hydrogens (tertiary/aromatic N) is 4. The Kier molecular flexibility index (Phi) is 5.90. The average molecular weight is 693 g/mol. The van der Waals surface area contributed by atoms with Crippen LogP contribution in [0.4, 0.5) is 0 Å². The van der Waals surface area contributed by atoms with Gasteiger partial charge in [-0.3, -0.25) is 8.97 Å². The van der Waals surface area contributed by atoms with Gasteiger partial charge < -0.3 is 0 Å². The van der Waals surface area contributed by atoms with Crippen LogP contribution < -0.4 is 0 Å². The summed E-state index contributed by atoms with van der Waals surface area (Å²) in [5.41, 5.74) is 11.0. The highest BCUT2D eigenvalue weighted by atomic mass is 32.1. The number of benzene rings is 8. The summed E-state index contributed by atoms with van der Waals surface area (Å²) >= 11 is 1.88. The average Bonchev–Trinajstić information content (AvgIpc) is 3.91. The van der Waals surface area contributed by atoms with Crippen molar-refractivity contribution in [3.8, 4) is 28.2 Å². The molecular weight excluding hydrogens is 665 g/mol. The molecular formula is C48H28N4S. The number of hydrogen-bond acceptors (Lipinski definition) is 3. The Labute approximate surface area is 307 Å². The smallest absolute Gasteiger partial charge is 0.221 e. The van der Waals surface area contributed by atoms with Crippen molar-refractivity contribution >= 4 is 91.7 Å². The van der Waals surface area contributed by atoms with Crippen molar-refractivity contribution < 1.29 is 0 Å². The van der Waals surface area contributed by atoms with Crippen LogP contribution in [0.5, 0.6) is 0 Å². The van der Waals surface area contributed by atoms with Gasteiger partial charge in [-0.1, -0.05) is 127 Å². The molecule has 0 radical (unpaired) electrons. The molecule has 0 aliphatic rings. The summed E-state index contributed by atoms with van der Waals surface area (Å²) in [7, 11) is 0. The van der Waals surface area contributed by atoms with Crippen LogP contribution in [0.2, 0.25) is 0 Å². The van der Waals surface area contributed by atoms with Crippen LogP contribution in [0.25, 0.3) is 109 Å². The molecule has 8 aromatic carbocycles. The fourth-order valence-corrected chi connectivity index (χ4v) is 9.79. The normalized spacial score (nSPS) is 12.2. The van der Waals surface area contributed by atoms with Gasteiger partial charge in [0.1, 0.15) is 5.65 Å². The van der Waals surface area contributed by atoms with E-state index in [1.807, 2.05) is 11.3 Å². The fraction of sp³-hybridized carbons (Fsp3) is 0. The van der Waals surface area contributed by atoms with Gasteiger partial charge in [0, 0.05) is 41.7 Å². The predicted octanol–water partition coefficient (Wildman–Crippen LogP) is 13.0. The summed E-state index contributed by atoms with van der Waals surface area (Å²) < 4.78 is 7.26. The lowest BCUT2D eigenvalue weighted by molar-refractivity contribution is 0.982. The van der Waals surface area contributed by atoms with E-state index < -0.39 is 0 Å². The number of para-hydroxylation sites is 4. The molecule has 0 aliphatic heterocycles. The van der Waals surface area contributed by atoms with E-state index in [2.05, 4.69) is 179 Å². The zero-order valence-electron chi connectivity index (χ0n) is 28.4. The van der Waals surface area contributed by atoms with Crippen molar-refractivity contribution in [2.45, 2.75) is 0 Å². The molecule has 0 amide bonds. The third-order valence-corrected chi connectivity index (χ3v) is 12.1. The van der Waals surface area contributed by atoms with Crippen molar-refractivity contribution in [1.82, 2.24) is 18.9 Å². The van der Waals surface area contributed by atoms with Crippen molar-refractivity contribution in [3.63, 3.8) is 0 Å². The van der Waals surface area contributed by atoms with Crippen LogP contribution in [-0.4, -0.2) is 18.9 Å². The largest absolute Gasteiger partial charge is 0.278 e. The first kappa shape index (κ1) is 28.8. The zero-order valence-corrected chi connectivity index (χ0v) is 29.2. The molecule has 0 atom stereocenters. The van der Waals surface area contributed by atoms with Crippen LogP contribution in [0, 0.1) is 0 Å². The predicted molar refractivity (Wildman–Crippen MR) is 224 cm³/mol. The molecule has 12 aromatic rings. The van der Waals surface area contributed by atoms with Gasteiger partial charge in [0.2, 0.25) is 5.95 Å². The van der Waals surface area contributed by atoms with Crippen LogP contribution in [-0.2, 0) is 0 Å². The molecule has 0 N–H and O–H groups in total. The summed E-state index contributed by atoms with van der Waals surface area (Å²) in [4.78, 5) is 10.6. The maximum Gasteiger partial charge on any atom is 0.221 e. The second-order valence-electron chi connectivity index (χ2n) is 13.8. The number of imidazole rings is 1. The second kappa shape index (κ2) is 10.8. The topological polar surface area (TPSA) is 35.1 Å². The van der Waals surface area contributed by atoms with Gasteiger partial charge in [0.25, 0.3) is 0 Å². The molecule has 0 bridgehead atoms. The number of thiophene rings is 1.